The van der Waals surface area contributed by atoms with Crippen LogP contribution in [0.1, 0.15) is 33.6 Å². The molecule has 0 saturated heterocycles. The van der Waals surface area contributed by atoms with Crippen LogP contribution in [-0.4, -0.2) is 17.4 Å². The summed E-state index contributed by atoms with van der Waals surface area (Å²) in [7, 11) is 0. The van der Waals surface area contributed by atoms with Gasteiger partial charge >= 0.3 is 0 Å². The van der Waals surface area contributed by atoms with Crippen molar-refractivity contribution in [3.05, 3.63) is 47.2 Å². The Morgan fingerprint density at radius 3 is 2.90 bits per heavy atom. The van der Waals surface area contributed by atoms with Crippen molar-refractivity contribution in [2.45, 2.75) is 33.6 Å². The fraction of sp³-hybridized carbons (Fsp3) is 0.438. The van der Waals surface area contributed by atoms with Gasteiger partial charge in [0.15, 0.2) is 0 Å². The summed E-state index contributed by atoms with van der Waals surface area (Å²) in [6.07, 6.45) is 8.22. The van der Waals surface area contributed by atoms with Crippen LogP contribution in [0.15, 0.2) is 47.2 Å². The molecule has 2 rings (SSSR count). The minimum atomic E-state index is -0.293. The van der Waals surface area contributed by atoms with Crippen LogP contribution >= 0.6 is 0 Å². The maximum absolute atomic E-state index is 14.0. The third-order valence-electron chi connectivity index (χ3n) is 3.72. The van der Waals surface area contributed by atoms with E-state index in [1.165, 1.54) is 6.08 Å². The summed E-state index contributed by atoms with van der Waals surface area (Å²) in [6.45, 7) is 6.56. The van der Waals surface area contributed by atoms with Gasteiger partial charge in [0.2, 0.25) is 0 Å². The van der Waals surface area contributed by atoms with E-state index in [-0.39, 0.29) is 17.7 Å². The van der Waals surface area contributed by atoms with Crippen LogP contribution in [0.3, 0.4) is 0 Å². The molecule has 4 heteroatoms. The van der Waals surface area contributed by atoms with E-state index in [4.69, 9.17) is 0 Å². The average molecular weight is 276 g/mol. The monoisotopic (exact) mass is 276 g/mol. The lowest BCUT2D eigenvalue weighted by Gasteiger charge is -2.28. The van der Waals surface area contributed by atoms with E-state index in [0.29, 0.717) is 17.9 Å². The quantitative estimate of drug-likeness (QED) is 0.857. The van der Waals surface area contributed by atoms with Gasteiger partial charge in [-0.2, -0.15) is 0 Å². The second-order valence-corrected chi connectivity index (χ2v) is 5.04. The Morgan fingerprint density at radius 2 is 2.25 bits per heavy atom. The highest BCUT2D eigenvalue weighted by Gasteiger charge is 2.29. The second kappa shape index (κ2) is 6.07. The number of hydrogen-bond acceptors (Lipinski definition) is 2. The van der Waals surface area contributed by atoms with Crippen molar-refractivity contribution >= 4 is 5.91 Å². The molecule has 0 aliphatic carbocycles. The standard InChI is InChI=1S/C16H21FN2O/c1-4-12-11(3)8-9-14-13(17)7-6-10-19(14)15(12)16(20)18-5-2/h6-7,9-11H,4-5,8H2,1-3H3,(H,18,20). The van der Waals surface area contributed by atoms with Crippen LogP contribution in [0.4, 0.5) is 4.39 Å². The van der Waals surface area contributed by atoms with Crippen LogP contribution in [0.2, 0.25) is 0 Å². The van der Waals surface area contributed by atoms with Crippen molar-refractivity contribution in [2.24, 2.45) is 5.92 Å². The van der Waals surface area contributed by atoms with Gasteiger partial charge in [-0.15, -0.1) is 0 Å². The van der Waals surface area contributed by atoms with Gasteiger partial charge in [-0.25, -0.2) is 4.39 Å². The number of rotatable bonds is 3. The van der Waals surface area contributed by atoms with Crippen LogP contribution in [0.5, 0.6) is 0 Å². The molecule has 2 aliphatic heterocycles. The van der Waals surface area contributed by atoms with Crippen LogP contribution < -0.4 is 5.32 Å². The molecule has 1 N–H and O–H groups in total. The van der Waals surface area contributed by atoms with E-state index >= 15 is 0 Å². The molecule has 20 heavy (non-hydrogen) atoms. The Bertz CT molecular complexity index is 529. The summed E-state index contributed by atoms with van der Waals surface area (Å²) < 4.78 is 14.0. The SMILES string of the molecule is CCNC(=O)C1=C(CC)C(C)CC=C2C(F)=CC=CN21. The zero-order valence-electron chi connectivity index (χ0n) is 12.2. The van der Waals surface area contributed by atoms with Crippen molar-refractivity contribution in [2.75, 3.05) is 6.54 Å². The fourth-order valence-corrected chi connectivity index (χ4v) is 2.72. The first-order chi connectivity index (χ1) is 9.60. The number of likely N-dealkylation sites (N-methyl/N-ethyl adjacent to an activating group) is 1. The first-order valence-electron chi connectivity index (χ1n) is 7.15. The Labute approximate surface area is 119 Å². The molecular weight excluding hydrogens is 255 g/mol. The van der Waals surface area contributed by atoms with Crippen molar-refractivity contribution in [3.8, 4) is 0 Å². The first-order valence-corrected chi connectivity index (χ1v) is 7.15. The molecular formula is C16H21FN2O. The summed E-state index contributed by atoms with van der Waals surface area (Å²) in [4.78, 5) is 14.1. The summed E-state index contributed by atoms with van der Waals surface area (Å²) >= 11 is 0. The minimum Gasteiger partial charge on any atom is -0.351 e. The lowest BCUT2D eigenvalue weighted by molar-refractivity contribution is -0.118. The Morgan fingerprint density at radius 1 is 1.50 bits per heavy atom. The predicted octanol–water partition coefficient (Wildman–Crippen LogP) is 3.39. The molecule has 0 spiro atoms. The molecule has 0 bridgehead atoms. The zero-order chi connectivity index (χ0) is 14.7. The summed E-state index contributed by atoms with van der Waals surface area (Å²) in [5, 5.41) is 2.83. The minimum absolute atomic E-state index is 0.136. The highest BCUT2D eigenvalue weighted by molar-refractivity contribution is 5.94. The Hall–Kier alpha value is -1.84. The number of nitrogens with one attached hydrogen (secondary N) is 1. The average Bonchev–Trinajstić information content (AvgIpc) is 2.57. The number of allylic oxidation sites excluding steroid dienone is 5. The fourth-order valence-electron chi connectivity index (χ4n) is 2.72. The maximum atomic E-state index is 14.0. The molecule has 0 aromatic heterocycles. The zero-order valence-corrected chi connectivity index (χ0v) is 12.2. The number of amides is 1. The molecule has 0 radical (unpaired) electrons. The lowest BCUT2D eigenvalue weighted by atomic mass is 9.94. The molecule has 108 valence electrons. The largest absolute Gasteiger partial charge is 0.351 e. The van der Waals surface area contributed by atoms with E-state index in [1.54, 1.807) is 17.2 Å². The number of carbonyl (C=O) groups is 1. The van der Waals surface area contributed by atoms with Crippen molar-refractivity contribution in [1.82, 2.24) is 10.2 Å². The van der Waals surface area contributed by atoms with E-state index in [0.717, 1.165) is 18.4 Å². The Balaban J connectivity index is 2.54. The van der Waals surface area contributed by atoms with Gasteiger partial charge in [0, 0.05) is 12.7 Å². The molecule has 0 aromatic rings. The second-order valence-electron chi connectivity index (χ2n) is 5.04. The van der Waals surface area contributed by atoms with Gasteiger partial charge in [0.05, 0.1) is 5.70 Å². The van der Waals surface area contributed by atoms with E-state index < -0.39 is 0 Å². The third kappa shape index (κ3) is 2.55. The normalized spacial score (nSPS) is 22.0. The van der Waals surface area contributed by atoms with Crippen molar-refractivity contribution < 1.29 is 9.18 Å². The Kier molecular flexibility index (Phi) is 4.42. The van der Waals surface area contributed by atoms with Crippen LogP contribution in [-0.2, 0) is 4.79 Å². The topological polar surface area (TPSA) is 32.3 Å². The molecule has 1 unspecified atom stereocenters. The summed E-state index contributed by atoms with van der Waals surface area (Å²) in [5.74, 6) is -0.195. The predicted molar refractivity (Wildman–Crippen MR) is 78.0 cm³/mol. The summed E-state index contributed by atoms with van der Waals surface area (Å²) in [6, 6.07) is 0. The number of halogens is 1. The van der Waals surface area contributed by atoms with Crippen molar-refractivity contribution in [3.63, 3.8) is 0 Å². The molecule has 2 heterocycles. The third-order valence-corrected chi connectivity index (χ3v) is 3.72. The van der Waals surface area contributed by atoms with Gasteiger partial charge in [-0.3, -0.25) is 4.79 Å². The highest BCUT2D eigenvalue weighted by atomic mass is 19.1. The van der Waals surface area contributed by atoms with Gasteiger partial charge in [0.1, 0.15) is 11.5 Å². The molecule has 1 amide bonds. The van der Waals surface area contributed by atoms with Gasteiger partial charge in [0.25, 0.3) is 5.91 Å². The number of hydrogen-bond donors (Lipinski definition) is 1. The smallest absolute Gasteiger partial charge is 0.268 e. The number of nitrogens with zero attached hydrogens (tertiary/aromatic N) is 1. The van der Waals surface area contributed by atoms with Crippen molar-refractivity contribution in [1.29, 1.82) is 0 Å². The summed E-state index contributed by atoms with van der Waals surface area (Å²) in [5.41, 5.74) is 2.12. The molecule has 0 saturated carbocycles. The van der Waals surface area contributed by atoms with Gasteiger partial charge < -0.3 is 10.2 Å². The van der Waals surface area contributed by atoms with Gasteiger partial charge in [-0.1, -0.05) is 19.9 Å². The maximum Gasteiger partial charge on any atom is 0.268 e. The molecule has 0 fully saturated rings. The van der Waals surface area contributed by atoms with E-state index in [9.17, 15) is 9.18 Å². The molecule has 1 atom stereocenters. The lowest BCUT2D eigenvalue weighted by Crippen LogP contribution is -2.34. The van der Waals surface area contributed by atoms with E-state index in [1.807, 2.05) is 19.9 Å². The highest BCUT2D eigenvalue weighted by Crippen LogP contribution is 2.35. The van der Waals surface area contributed by atoms with E-state index in [2.05, 4.69) is 12.2 Å². The van der Waals surface area contributed by atoms with Crippen LogP contribution in [0, 0.1) is 5.92 Å². The first kappa shape index (κ1) is 14.6. The molecule has 3 nitrogen and oxygen atoms in total. The number of fused-ring (bicyclic) bond motifs is 1. The molecule has 2 aliphatic rings. The number of carbonyl (C=O) groups excluding carboxylic acids is 1. The van der Waals surface area contributed by atoms with Crippen LogP contribution in [0.25, 0.3) is 0 Å². The molecule has 0 aromatic carbocycles. The van der Waals surface area contributed by atoms with Gasteiger partial charge in [-0.05, 0) is 43.4 Å².